The Morgan fingerprint density at radius 3 is 2.75 bits per heavy atom. The van der Waals surface area contributed by atoms with Gasteiger partial charge in [-0.25, -0.2) is 14.8 Å². The van der Waals surface area contributed by atoms with Gasteiger partial charge in [0, 0.05) is 22.6 Å². The Bertz CT molecular complexity index is 1630. The lowest BCUT2D eigenvalue weighted by Gasteiger charge is -2.49. The fraction of sp³-hybridized carbons (Fsp3) is 0.286. The van der Waals surface area contributed by atoms with Crippen molar-refractivity contribution in [3.05, 3.63) is 39.9 Å². The molecule has 1 saturated heterocycles. The smallest absolute Gasteiger partial charge is 0.352 e. The van der Waals surface area contributed by atoms with Crippen LogP contribution in [-0.2, 0) is 19.2 Å². The number of fused-ring (bicyclic) bond motifs is 2. The summed E-state index contributed by atoms with van der Waals surface area (Å²) < 4.78 is 1.35. The Morgan fingerprint density at radius 2 is 2.10 bits per heavy atom. The van der Waals surface area contributed by atoms with Crippen LogP contribution in [-0.4, -0.2) is 94.0 Å². The number of carboxylic acids is 1. The number of thiazole rings is 1. The van der Waals surface area contributed by atoms with Crippen LogP contribution >= 0.6 is 34.9 Å². The van der Waals surface area contributed by atoms with Gasteiger partial charge in [0.25, 0.3) is 23.5 Å². The number of oxime groups is 1. The number of carbonyl (C=O) groups is 4. The highest BCUT2D eigenvalue weighted by molar-refractivity contribution is 8.01. The first kappa shape index (κ1) is 27.3. The highest BCUT2D eigenvalue weighted by Crippen LogP contribution is 2.41. The van der Waals surface area contributed by atoms with E-state index < -0.39 is 35.1 Å². The Balaban J connectivity index is 1.35. The molecule has 0 saturated carbocycles. The van der Waals surface area contributed by atoms with E-state index >= 15 is 0 Å². The van der Waals surface area contributed by atoms with E-state index in [-0.39, 0.29) is 45.3 Å². The molecule has 0 spiro atoms. The van der Waals surface area contributed by atoms with E-state index in [1.54, 1.807) is 13.0 Å². The molecule has 3 amide bonds. The van der Waals surface area contributed by atoms with Crippen LogP contribution in [0, 0.1) is 6.92 Å². The van der Waals surface area contributed by atoms with Crippen molar-refractivity contribution in [1.29, 1.82) is 0 Å². The third-order valence-corrected chi connectivity index (χ3v) is 8.81. The zero-order valence-corrected chi connectivity index (χ0v) is 23.2. The summed E-state index contributed by atoms with van der Waals surface area (Å²) in [6, 6.07) is 0.732. The lowest BCUT2D eigenvalue weighted by Crippen LogP contribution is -2.71. The second-order valence-corrected chi connectivity index (χ2v) is 11.3. The number of amides is 3. The molecule has 6 N–H and O–H groups in total. The molecule has 0 bridgehead atoms. The van der Waals surface area contributed by atoms with Gasteiger partial charge in [-0.05, 0) is 18.6 Å². The predicted octanol–water partition coefficient (Wildman–Crippen LogP) is -0.548. The van der Waals surface area contributed by atoms with E-state index in [1.165, 1.54) is 45.4 Å². The average molecular weight is 605 g/mol. The maximum atomic E-state index is 13.1. The molecule has 3 aromatic rings. The summed E-state index contributed by atoms with van der Waals surface area (Å²) in [4.78, 5) is 68.0. The van der Waals surface area contributed by atoms with Crippen molar-refractivity contribution in [2.75, 3.05) is 24.3 Å². The molecule has 5 heterocycles. The minimum absolute atomic E-state index is 0.150. The topological polar surface area (TPSA) is 233 Å². The Kier molecular flexibility index (Phi) is 7.34. The van der Waals surface area contributed by atoms with Gasteiger partial charge in [0.2, 0.25) is 5.82 Å². The first-order valence-electron chi connectivity index (χ1n) is 11.3. The van der Waals surface area contributed by atoms with Gasteiger partial charge in [-0.1, -0.05) is 5.16 Å². The normalized spacial score (nSPS) is 18.9. The number of anilines is 1. The minimum atomic E-state index is -1.27. The van der Waals surface area contributed by atoms with E-state index in [9.17, 15) is 24.3 Å². The molecule has 0 radical (unpaired) electrons. The summed E-state index contributed by atoms with van der Waals surface area (Å²) in [5.74, 6) is -2.91. The first-order valence-corrected chi connectivity index (χ1v) is 14.2. The first-order chi connectivity index (χ1) is 19.1. The quantitative estimate of drug-likeness (QED) is 0.0790. The molecular weight excluding hydrogens is 584 g/mol. The molecule has 2 atom stereocenters. The van der Waals surface area contributed by atoms with Gasteiger partial charge in [-0.3, -0.25) is 19.3 Å². The predicted molar refractivity (Wildman–Crippen MR) is 145 cm³/mol. The van der Waals surface area contributed by atoms with E-state index in [4.69, 9.17) is 16.3 Å². The number of aromatic nitrogens is 5. The van der Waals surface area contributed by atoms with Gasteiger partial charge in [-0.2, -0.15) is 9.50 Å². The lowest BCUT2D eigenvalue weighted by molar-refractivity contribution is -0.150. The van der Waals surface area contributed by atoms with Crippen LogP contribution < -0.4 is 16.8 Å². The number of nitrogen functional groups attached to an aromatic ring is 1. The van der Waals surface area contributed by atoms with Crippen molar-refractivity contribution in [1.82, 2.24) is 34.8 Å². The molecule has 3 aromatic heterocycles. The fourth-order valence-electron chi connectivity index (χ4n) is 4.02. The number of nitrogens with two attached hydrogens (primary N) is 2. The highest BCUT2D eigenvalue weighted by atomic mass is 32.2. The lowest BCUT2D eigenvalue weighted by atomic mass is 10.0. The summed E-state index contributed by atoms with van der Waals surface area (Å²) >= 11 is 3.67. The number of aryl methyl sites for hydroxylation is 1. The third-order valence-electron chi connectivity index (χ3n) is 5.72. The number of carbonyl (C=O) groups excluding carboxylic acids is 3. The Morgan fingerprint density at radius 1 is 1.32 bits per heavy atom. The standard InChI is InChI=1S/C21H20N10O6S3/c1-7-3-10(31-21(24-7)27-15(28-31)14(22)32)38-4-8-5-39-18-12(17(34)30(18)13(8)19(35)36)26-16(33)11(29-37-2)9-6-40-20(23)25-9/h3,6,12,18H,4-5H2,1-2H3,(H2,22,32)(H2,23,25)(H,26,33)(H,35,36)/b29-11-/t12-,18-/m1/s1. The van der Waals surface area contributed by atoms with E-state index in [0.717, 1.165) is 11.3 Å². The maximum Gasteiger partial charge on any atom is 0.352 e. The van der Waals surface area contributed by atoms with Crippen LogP contribution in [0.25, 0.3) is 5.78 Å². The molecule has 2 aliphatic heterocycles. The van der Waals surface area contributed by atoms with Crippen molar-refractivity contribution in [2.24, 2.45) is 10.9 Å². The number of aliphatic carboxylic acids is 1. The average Bonchev–Trinajstić information content (AvgIpc) is 3.54. The number of nitrogens with zero attached hydrogens (tertiary/aromatic N) is 7. The van der Waals surface area contributed by atoms with Gasteiger partial charge in [0.05, 0.1) is 0 Å². The van der Waals surface area contributed by atoms with Crippen LogP contribution in [0.1, 0.15) is 22.0 Å². The fourth-order valence-corrected chi connectivity index (χ4v) is 7.10. The number of rotatable bonds is 9. The van der Waals surface area contributed by atoms with E-state index in [2.05, 4.69) is 30.5 Å². The van der Waals surface area contributed by atoms with Crippen molar-refractivity contribution in [2.45, 2.75) is 23.4 Å². The van der Waals surface area contributed by atoms with Gasteiger partial charge >= 0.3 is 5.97 Å². The molecule has 40 heavy (non-hydrogen) atoms. The molecule has 208 valence electrons. The zero-order valence-electron chi connectivity index (χ0n) is 20.7. The zero-order chi connectivity index (χ0) is 28.7. The number of hydrogen-bond acceptors (Lipinski definition) is 14. The van der Waals surface area contributed by atoms with Crippen molar-refractivity contribution in [3.63, 3.8) is 0 Å². The van der Waals surface area contributed by atoms with Crippen molar-refractivity contribution in [3.8, 4) is 0 Å². The monoisotopic (exact) mass is 604 g/mol. The summed E-state index contributed by atoms with van der Waals surface area (Å²) in [7, 11) is 1.26. The van der Waals surface area contributed by atoms with Crippen LogP contribution in [0.2, 0.25) is 0 Å². The largest absolute Gasteiger partial charge is 0.477 e. The molecule has 0 aromatic carbocycles. The van der Waals surface area contributed by atoms with Crippen LogP contribution in [0.4, 0.5) is 5.13 Å². The number of carboxylic acid groups (broad SMARTS) is 1. The highest BCUT2D eigenvalue weighted by Gasteiger charge is 2.54. The van der Waals surface area contributed by atoms with Crippen molar-refractivity contribution < 1.29 is 29.1 Å². The molecule has 0 aliphatic carbocycles. The molecular formula is C21H20N10O6S3. The Hall–Kier alpha value is -4.23. The summed E-state index contributed by atoms with van der Waals surface area (Å²) in [5.41, 5.74) is 11.9. The number of thioether (sulfide) groups is 2. The number of primary amides is 1. The minimum Gasteiger partial charge on any atom is -0.477 e. The third kappa shape index (κ3) is 4.93. The van der Waals surface area contributed by atoms with Crippen LogP contribution in [0.3, 0.4) is 0 Å². The number of hydrogen-bond donors (Lipinski definition) is 4. The summed E-state index contributed by atoms with van der Waals surface area (Å²) in [5, 5.41) is 22.1. The van der Waals surface area contributed by atoms with Crippen LogP contribution in [0.15, 0.2) is 32.9 Å². The molecule has 1 fully saturated rings. The van der Waals surface area contributed by atoms with Crippen LogP contribution in [0.5, 0.6) is 0 Å². The van der Waals surface area contributed by atoms with Gasteiger partial charge in [-0.15, -0.1) is 40.0 Å². The van der Waals surface area contributed by atoms with Gasteiger partial charge < -0.3 is 26.7 Å². The Labute approximate surface area is 237 Å². The van der Waals surface area contributed by atoms with Crippen molar-refractivity contribution >= 4 is 75.2 Å². The summed E-state index contributed by atoms with van der Waals surface area (Å²) in [6.45, 7) is 1.74. The van der Waals surface area contributed by atoms with E-state index in [0.29, 0.717) is 16.3 Å². The molecule has 19 heteroatoms. The number of nitrogens with one attached hydrogen (secondary N) is 1. The van der Waals surface area contributed by atoms with E-state index in [1.807, 2.05) is 0 Å². The second kappa shape index (κ2) is 10.7. The molecule has 0 unspecified atom stereocenters. The maximum absolute atomic E-state index is 13.1. The molecule has 2 aliphatic rings. The number of β-lactam (4-membered cyclic amide) rings is 1. The van der Waals surface area contributed by atoms with Gasteiger partial charge in [0.15, 0.2) is 10.8 Å². The second-order valence-electron chi connectivity index (χ2n) is 8.35. The SMILES string of the molecule is CO/N=C(\C(=O)N[C@@H]1C(=O)N2C(C(=O)O)=C(CSc3cc(C)nc4nc(C(N)=O)nn34)CS[C@H]12)c1csc(N)n1. The molecule has 5 rings (SSSR count). The summed E-state index contributed by atoms with van der Waals surface area (Å²) in [6.07, 6.45) is 0. The molecule has 16 nitrogen and oxygen atoms in total. The van der Waals surface area contributed by atoms with Gasteiger partial charge in [0.1, 0.15) is 34.9 Å².